The van der Waals surface area contributed by atoms with Gasteiger partial charge >= 0.3 is 0 Å². The SMILES string of the molecule is CC(=O)NCc1cnn2ccccc12. The van der Waals surface area contributed by atoms with Gasteiger partial charge in [-0.1, -0.05) is 6.07 Å². The summed E-state index contributed by atoms with van der Waals surface area (Å²) < 4.78 is 1.79. The molecule has 2 heterocycles. The van der Waals surface area contributed by atoms with Crippen molar-refractivity contribution in [1.82, 2.24) is 14.9 Å². The van der Waals surface area contributed by atoms with E-state index in [-0.39, 0.29) is 5.91 Å². The minimum absolute atomic E-state index is 0.0275. The number of amides is 1. The van der Waals surface area contributed by atoms with Crippen LogP contribution in [0.2, 0.25) is 0 Å². The maximum atomic E-state index is 10.7. The Bertz CT molecular complexity index is 461. The highest BCUT2D eigenvalue weighted by molar-refractivity contribution is 5.73. The smallest absolute Gasteiger partial charge is 0.217 e. The van der Waals surface area contributed by atoms with Gasteiger partial charge < -0.3 is 5.32 Å². The summed E-state index contributed by atoms with van der Waals surface area (Å²) in [7, 11) is 0. The number of carbonyl (C=O) groups excluding carboxylic acids is 1. The van der Waals surface area contributed by atoms with E-state index in [1.165, 1.54) is 6.92 Å². The average molecular weight is 189 g/mol. The number of pyridine rings is 1. The van der Waals surface area contributed by atoms with Crippen LogP contribution in [0.15, 0.2) is 30.6 Å². The van der Waals surface area contributed by atoms with E-state index in [1.807, 2.05) is 24.4 Å². The Morgan fingerprint density at radius 1 is 1.57 bits per heavy atom. The lowest BCUT2D eigenvalue weighted by atomic mass is 10.2. The average Bonchev–Trinajstić information content (AvgIpc) is 2.58. The van der Waals surface area contributed by atoms with Crippen molar-refractivity contribution in [3.05, 3.63) is 36.2 Å². The van der Waals surface area contributed by atoms with Gasteiger partial charge in [-0.25, -0.2) is 4.52 Å². The highest BCUT2D eigenvalue weighted by atomic mass is 16.1. The number of rotatable bonds is 2. The Kier molecular flexibility index (Phi) is 2.18. The predicted octanol–water partition coefficient (Wildman–Crippen LogP) is 0.970. The summed E-state index contributed by atoms with van der Waals surface area (Å²) in [6, 6.07) is 5.85. The summed E-state index contributed by atoms with van der Waals surface area (Å²) in [6.07, 6.45) is 3.65. The number of hydrogen-bond donors (Lipinski definition) is 1. The fourth-order valence-corrected chi connectivity index (χ4v) is 1.34. The highest BCUT2D eigenvalue weighted by Crippen LogP contribution is 2.08. The van der Waals surface area contributed by atoms with Crippen LogP contribution in [-0.4, -0.2) is 15.5 Å². The molecule has 0 radical (unpaired) electrons. The first kappa shape index (κ1) is 8.74. The molecule has 1 N–H and O–H groups in total. The fraction of sp³-hybridized carbons (Fsp3) is 0.200. The Labute approximate surface area is 81.5 Å². The largest absolute Gasteiger partial charge is 0.352 e. The lowest BCUT2D eigenvalue weighted by molar-refractivity contribution is -0.119. The molecule has 0 saturated carbocycles. The summed E-state index contributed by atoms with van der Waals surface area (Å²) in [4.78, 5) is 10.7. The molecule has 4 nitrogen and oxygen atoms in total. The zero-order valence-electron chi connectivity index (χ0n) is 7.90. The molecule has 0 aliphatic heterocycles. The monoisotopic (exact) mass is 189 g/mol. The van der Waals surface area contributed by atoms with E-state index < -0.39 is 0 Å². The van der Waals surface area contributed by atoms with Crippen molar-refractivity contribution in [2.45, 2.75) is 13.5 Å². The first-order valence-corrected chi connectivity index (χ1v) is 4.43. The molecule has 0 unspecified atom stereocenters. The van der Waals surface area contributed by atoms with Crippen molar-refractivity contribution in [2.24, 2.45) is 0 Å². The maximum absolute atomic E-state index is 10.7. The fourth-order valence-electron chi connectivity index (χ4n) is 1.34. The Hall–Kier alpha value is -1.84. The molecule has 0 aromatic carbocycles. The third-order valence-electron chi connectivity index (χ3n) is 2.03. The minimum Gasteiger partial charge on any atom is -0.352 e. The number of fused-ring (bicyclic) bond motifs is 1. The van der Waals surface area contributed by atoms with Gasteiger partial charge in [0.1, 0.15) is 0 Å². The van der Waals surface area contributed by atoms with Gasteiger partial charge in [0.25, 0.3) is 0 Å². The van der Waals surface area contributed by atoms with E-state index >= 15 is 0 Å². The van der Waals surface area contributed by atoms with E-state index in [4.69, 9.17) is 0 Å². The second kappa shape index (κ2) is 3.49. The number of carbonyl (C=O) groups is 1. The van der Waals surface area contributed by atoms with Crippen molar-refractivity contribution in [1.29, 1.82) is 0 Å². The van der Waals surface area contributed by atoms with Crippen LogP contribution < -0.4 is 5.32 Å². The maximum Gasteiger partial charge on any atom is 0.217 e. The Morgan fingerprint density at radius 2 is 2.43 bits per heavy atom. The lowest BCUT2D eigenvalue weighted by Gasteiger charge is -1.99. The van der Waals surface area contributed by atoms with Crippen LogP contribution in [-0.2, 0) is 11.3 Å². The molecule has 14 heavy (non-hydrogen) atoms. The van der Waals surface area contributed by atoms with Gasteiger partial charge in [-0.05, 0) is 12.1 Å². The van der Waals surface area contributed by atoms with Gasteiger partial charge in [-0.2, -0.15) is 5.10 Å². The van der Waals surface area contributed by atoms with Crippen LogP contribution >= 0.6 is 0 Å². The molecular weight excluding hydrogens is 178 g/mol. The van der Waals surface area contributed by atoms with Crippen LogP contribution in [0, 0.1) is 0 Å². The van der Waals surface area contributed by atoms with Gasteiger partial charge in [-0.15, -0.1) is 0 Å². The van der Waals surface area contributed by atoms with E-state index in [9.17, 15) is 4.79 Å². The van der Waals surface area contributed by atoms with Crippen molar-refractivity contribution >= 4 is 11.4 Å². The van der Waals surface area contributed by atoms with Crippen molar-refractivity contribution in [3.8, 4) is 0 Å². The molecule has 72 valence electrons. The second-order valence-corrected chi connectivity index (χ2v) is 3.11. The molecule has 2 aromatic heterocycles. The number of nitrogens with zero attached hydrogens (tertiary/aromatic N) is 2. The van der Waals surface area contributed by atoms with Gasteiger partial charge in [0.05, 0.1) is 11.7 Å². The molecule has 0 saturated heterocycles. The predicted molar refractivity (Wildman–Crippen MR) is 52.7 cm³/mol. The summed E-state index contributed by atoms with van der Waals surface area (Å²) in [5.74, 6) is -0.0275. The molecule has 1 amide bonds. The first-order valence-electron chi connectivity index (χ1n) is 4.43. The molecule has 0 fully saturated rings. The van der Waals surface area contributed by atoms with Crippen LogP contribution in [0.1, 0.15) is 12.5 Å². The molecule has 0 bridgehead atoms. The van der Waals surface area contributed by atoms with Crippen LogP contribution in [0.25, 0.3) is 5.52 Å². The second-order valence-electron chi connectivity index (χ2n) is 3.11. The Balaban J connectivity index is 2.29. The molecule has 4 heteroatoms. The zero-order valence-corrected chi connectivity index (χ0v) is 7.90. The third kappa shape index (κ3) is 1.59. The number of aromatic nitrogens is 2. The quantitative estimate of drug-likeness (QED) is 0.765. The van der Waals surface area contributed by atoms with Gasteiger partial charge in [0.2, 0.25) is 5.91 Å². The molecule has 0 atom stereocenters. The number of nitrogens with one attached hydrogen (secondary N) is 1. The third-order valence-corrected chi connectivity index (χ3v) is 2.03. The summed E-state index contributed by atoms with van der Waals surface area (Å²) in [5, 5.41) is 6.91. The lowest BCUT2D eigenvalue weighted by Crippen LogP contribution is -2.18. The van der Waals surface area contributed by atoms with Gasteiger partial charge in [-0.3, -0.25) is 4.79 Å². The highest BCUT2D eigenvalue weighted by Gasteiger charge is 2.02. The van der Waals surface area contributed by atoms with Crippen molar-refractivity contribution in [2.75, 3.05) is 0 Å². The van der Waals surface area contributed by atoms with E-state index in [0.29, 0.717) is 6.54 Å². The minimum atomic E-state index is -0.0275. The topological polar surface area (TPSA) is 46.4 Å². The van der Waals surface area contributed by atoms with Crippen molar-refractivity contribution in [3.63, 3.8) is 0 Å². The molecule has 2 aromatic rings. The normalized spacial score (nSPS) is 10.4. The summed E-state index contributed by atoms with van der Waals surface area (Å²) in [5.41, 5.74) is 2.06. The van der Waals surface area contributed by atoms with E-state index in [1.54, 1.807) is 10.7 Å². The summed E-state index contributed by atoms with van der Waals surface area (Å²) >= 11 is 0. The standard InChI is InChI=1S/C10H11N3O/c1-8(14)11-6-9-7-12-13-5-3-2-4-10(9)13/h2-5,7H,6H2,1H3,(H,11,14). The first-order chi connectivity index (χ1) is 6.77. The van der Waals surface area contributed by atoms with E-state index in [0.717, 1.165) is 11.1 Å². The molecule has 0 aliphatic carbocycles. The number of hydrogen-bond acceptors (Lipinski definition) is 2. The summed E-state index contributed by atoms with van der Waals surface area (Å²) in [6.45, 7) is 2.04. The molecule has 0 aliphatic rings. The Morgan fingerprint density at radius 3 is 3.21 bits per heavy atom. The van der Waals surface area contributed by atoms with Gasteiger partial charge in [0.15, 0.2) is 0 Å². The molecule has 0 spiro atoms. The van der Waals surface area contributed by atoms with Crippen LogP contribution in [0.3, 0.4) is 0 Å². The van der Waals surface area contributed by atoms with Crippen LogP contribution in [0.5, 0.6) is 0 Å². The van der Waals surface area contributed by atoms with Crippen molar-refractivity contribution < 1.29 is 4.79 Å². The molecule has 2 rings (SSSR count). The molecular formula is C10H11N3O. The zero-order chi connectivity index (χ0) is 9.97. The van der Waals surface area contributed by atoms with E-state index in [2.05, 4.69) is 10.4 Å². The van der Waals surface area contributed by atoms with Crippen LogP contribution in [0.4, 0.5) is 0 Å². The van der Waals surface area contributed by atoms with Gasteiger partial charge in [0, 0.05) is 25.2 Å².